The molecule has 0 saturated heterocycles. The second kappa shape index (κ2) is 13.5. The van der Waals surface area contributed by atoms with Crippen LogP contribution in [0.4, 0.5) is 0 Å². The van der Waals surface area contributed by atoms with Crippen LogP contribution in [-0.2, 0) is 19.6 Å². The molecule has 0 aliphatic heterocycles. The first kappa shape index (κ1) is 25.7. The van der Waals surface area contributed by atoms with E-state index in [2.05, 4.69) is 10.8 Å². The van der Waals surface area contributed by atoms with E-state index in [4.69, 9.17) is 19.6 Å². The second-order valence-corrected chi connectivity index (χ2v) is 4.30. The van der Waals surface area contributed by atoms with E-state index in [1.54, 1.807) is 0 Å². The van der Waals surface area contributed by atoms with Gasteiger partial charge in [0.1, 0.15) is 6.61 Å². The molecule has 2 N–H and O–H groups in total. The average molecular weight is 337 g/mol. The van der Waals surface area contributed by atoms with Gasteiger partial charge in [0, 0.05) is 0 Å². The first-order valence-electron chi connectivity index (χ1n) is 4.62. The summed E-state index contributed by atoms with van der Waals surface area (Å²) in [5.74, 6) is -0.796. The predicted octanol–water partition coefficient (Wildman–Crippen LogP) is -5.22. The summed E-state index contributed by atoms with van der Waals surface area (Å²) in [6.07, 6.45) is 0. The Balaban J connectivity index is -0.000000596. The summed E-state index contributed by atoms with van der Waals surface area (Å²) in [5, 5.41) is 16.5. The minimum absolute atomic E-state index is 0. The molecule has 0 aromatic heterocycles. The second-order valence-electron chi connectivity index (χ2n) is 2.88. The fraction of sp³-hybridized carbons (Fsp3) is 0.200. The van der Waals surface area contributed by atoms with Crippen LogP contribution in [0.25, 0.3) is 0 Å². The largest absolute Gasteiger partial charge is 2.00 e. The van der Waals surface area contributed by atoms with Gasteiger partial charge in [0.15, 0.2) is 0 Å². The molecule has 0 fully saturated rings. The van der Waals surface area contributed by atoms with Gasteiger partial charge >= 0.3 is 52.6 Å². The Morgan fingerprint density at radius 3 is 2.38 bits per heavy atom. The van der Waals surface area contributed by atoms with Crippen LogP contribution in [0.3, 0.4) is 0 Å². The SMILES string of the molecule is O=C(OCCO)c1c[c-]cc(S(=O)(=O)O)c1.O=[C-][O-].[Mg+2].[Na+]. The van der Waals surface area contributed by atoms with Crippen LogP contribution in [0.5, 0.6) is 0 Å². The van der Waals surface area contributed by atoms with E-state index in [-0.39, 0.29) is 77.9 Å². The third-order valence-corrected chi connectivity index (χ3v) is 2.45. The predicted molar refractivity (Wildman–Crippen MR) is 63.9 cm³/mol. The van der Waals surface area contributed by atoms with Crippen molar-refractivity contribution < 1.29 is 67.1 Å². The Kier molecular flexibility index (Phi) is 16.5. The summed E-state index contributed by atoms with van der Waals surface area (Å²) < 4.78 is 34.8. The van der Waals surface area contributed by atoms with Gasteiger partial charge in [-0.3, -0.25) is 9.35 Å². The third-order valence-electron chi connectivity index (χ3n) is 1.62. The molecule has 106 valence electrons. The van der Waals surface area contributed by atoms with Gasteiger partial charge in [-0.25, -0.2) is 8.42 Å². The van der Waals surface area contributed by atoms with E-state index in [1.807, 2.05) is 0 Å². The van der Waals surface area contributed by atoms with Crippen LogP contribution in [0, 0.1) is 6.07 Å². The zero-order valence-electron chi connectivity index (χ0n) is 11.1. The van der Waals surface area contributed by atoms with Crippen LogP contribution >= 0.6 is 0 Å². The van der Waals surface area contributed by atoms with Crippen molar-refractivity contribution in [1.82, 2.24) is 0 Å². The van der Waals surface area contributed by atoms with Crippen molar-refractivity contribution in [3.05, 3.63) is 29.8 Å². The number of benzene rings is 1. The Morgan fingerprint density at radius 2 is 1.95 bits per heavy atom. The van der Waals surface area contributed by atoms with Gasteiger partial charge in [-0.05, 0) is 10.5 Å². The minimum Gasteiger partial charge on any atom is -0.794 e. The van der Waals surface area contributed by atoms with Crippen LogP contribution in [-0.4, -0.2) is 66.8 Å². The molecule has 1 aromatic rings. The van der Waals surface area contributed by atoms with E-state index in [0.717, 1.165) is 12.1 Å². The Morgan fingerprint density at radius 1 is 1.43 bits per heavy atom. The van der Waals surface area contributed by atoms with Gasteiger partial charge in [-0.2, -0.15) is 18.2 Å². The number of carbonyl (C=O) groups is 1. The molecule has 1 rings (SSSR count). The molecule has 0 unspecified atom stereocenters. The molecule has 0 aliphatic rings. The summed E-state index contributed by atoms with van der Waals surface area (Å²) in [6, 6.07) is 5.60. The van der Waals surface area contributed by atoms with Gasteiger partial charge in [-0.1, -0.05) is 0 Å². The van der Waals surface area contributed by atoms with E-state index in [9.17, 15) is 13.2 Å². The average Bonchev–Trinajstić information content (AvgIpc) is 2.36. The van der Waals surface area contributed by atoms with Crippen molar-refractivity contribution >= 4 is 45.6 Å². The number of rotatable bonds is 4. The Hall–Kier alpha value is -0.204. The molecule has 0 spiro atoms. The first-order valence-corrected chi connectivity index (χ1v) is 6.06. The maximum Gasteiger partial charge on any atom is 2.00 e. The van der Waals surface area contributed by atoms with Gasteiger partial charge in [0.05, 0.1) is 6.61 Å². The molecule has 11 heteroatoms. The molecule has 0 bridgehead atoms. The Labute approximate surface area is 159 Å². The van der Waals surface area contributed by atoms with E-state index in [0.29, 0.717) is 0 Å². The molecular weight excluding hydrogens is 327 g/mol. The topological polar surface area (TPSA) is 141 Å². The van der Waals surface area contributed by atoms with Crippen LogP contribution in [0.15, 0.2) is 23.1 Å². The Bertz CT molecular complexity index is 534. The number of aliphatic hydroxyl groups excluding tert-OH is 1. The molecule has 0 atom stereocenters. The van der Waals surface area contributed by atoms with Crippen molar-refractivity contribution in [2.24, 2.45) is 0 Å². The fourth-order valence-corrected chi connectivity index (χ4v) is 1.43. The van der Waals surface area contributed by atoms with Crippen LogP contribution < -0.4 is 34.7 Å². The van der Waals surface area contributed by atoms with Gasteiger partial charge in [0.2, 0.25) is 10.1 Å². The van der Waals surface area contributed by atoms with Gasteiger partial charge in [0.25, 0.3) is 5.97 Å². The molecule has 0 saturated carbocycles. The number of esters is 1. The monoisotopic (exact) mass is 336 g/mol. The standard InChI is InChI=1S/C9H9O6S.CO2.Mg.Na/c10-4-5-15-9(11)7-2-1-3-8(6-7)16(12,13)14;2-1-3;;/h2-3,6,10H,4-5H2,(H,12,13,14);;;/q-1;-2;+2;+1. The first-order chi connectivity index (χ1) is 8.86. The molecule has 0 radical (unpaired) electrons. The molecular formula is C10H9MgNaO8S. The number of aliphatic hydroxyl groups is 1. The van der Waals surface area contributed by atoms with Gasteiger partial charge < -0.3 is 26.2 Å². The van der Waals surface area contributed by atoms with E-state index >= 15 is 0 Å². The summed E-state index contributed by atoms with van der Waals surface area (Å²) in [7, 11) is -4.37. The fourth-order valence-electron chi connectivity index (χ4n) is 0.939. The molecule has 0 amide bonds. The summed E-state index contributed by atoms with van der Waals surface area (Å²) >= 11 is 0. The van der Waals surface area contributed by atoms with Crippen LogP contribution in [0.2, 0.25) is 0 Å². The smallest absolute Gasteiger partial charge is 0.794 e. The van der Waals surface area contributed by atoms with E-state index in [1.165, 1.54) is 6.07 Å². The van der Waals surface area contributed by atoms with Crippen molar-refractivity contribution in [2.45, 2.75) is 4.90 Å². The molecule has 0 aliphatic carbocycles. The van der Waals surface area contributed by atoms with Gasteiger partial charge in [-0.15, -0.1) is 6.07 Å². The van der Waals surface area contributed by atoms with Crippen molar-refractivity contribution in [1.29, 1.82) is 0 Å². The summed E-state index contributed by atoms with van der Waals surface area (Å²) in [4.78, 5) is 18.9. The summed E-state index contributed by atoms with van der Waals surface area (Å²) in [6.45, 7) is -0.262. The normalized spacial score (nSPS) is 9.05. The molecule has 21 heavy (non-hydrogen) atoms. The quantitative estimate of drug-likeness (QED) is 0.240. The maximum absolute atomic E-state index is 11.3. The minimum atomic E-state index is -4.37. The van der Waals surface area contributed by atoms with Crippen molar-refractivity contribution in [2.75, 3.05) is 13.2 Å². The number of carbonyl (C=O) groups excluding carboxylic acids is 2. The molecule has 0 heterocycles. The number of hydrogen-bond donors (Lipinski definition) is 2. The van der Waals surface area contributed by atoms with Crippen LogP contribution in [0.1, 0.15) is 10.4 Å². The molecule has 8 nitrogen and oxygen atoms in total. The molecule has 1 aromatic carbocycles. The van der Waals surface area contributed by atoms with Crippen molar-refractivity contribution in [3.8, 4) is 0 Å². The van der Waals surface area contributed by atoms with Crippen molar-refractivity contribution in [3.63, 3.8) is 0 Å². The number of ether oxygens (including phenoxy) is 1. The third kappa shape index (κ3) is 11.1. The maximum atomic E-state index is 11.3. The number of hydrogen-bond acceptors (Lipinski definition) is 7. The zero-order valence-corrected chi connectivity index (χ0v) is 15.3. The zero-order chi connectivity index (χ0) is 14.9. The summed E-state index contributed by atoms with van der Waals surface area (Å²) in [5.41, 5.74) is -0.0661. The van der Waals surface area contributed by atoms with E-state index < -0.39 is 21.0 Å².